The molecule has 1 aromatic rings. The molecule has 1 nitrogen and oxygen atoms in total. The molecule has 2 heteroatoms. The van der Waals surface area contributed by atoms with Crippen LogP contribution in [0.15, 0.2) is 29.2 Å². The van der Waals surface area contributed by atoms with Gasteiger partial charge in [-0.1, -0.05) is 13.8 Å². The van der Waals surface area contributed by atoms with Gasteiger partial charge in [-0.15, -0.1) is 11.8 Å². The number of rotatable bonds is 5. The Hall–Kier alpha value is -0.630. The first kappa shape index (κ1) is 11.8. The van der Waals surface area contributed by atoms with Gasteiger partial charge >= 0.3 is 0 Å². The van der Waals surface area contributed by atoms with Crippen LogP contribution in [-0.2, 0) is 0 Å². The highest BCUT2D eigenvalue weighted by atomic mass is 32.2. The third kappa shape index (κ3) is 2.94. The number of hydrogen-bond acceptors (Lipinski definition) is 2. The van der Waals surface area contributed by atoms with E-state index in [2.05, 4.69) is 49.7 Å². The maximum absolute atomic E-state index is 3.68. The molecule has 88 valence electrons. The molecule has 1 aliphatic carbocycles. The zero-order valence-electron chi connectivity index (χ0n) is 10.4. The fraction of sp³-hybridized carbons (Fsp3) is 0.571. The van der Waals surface area contributed by atoms with Gasteiger partial charge in [0.05, 0.1) is 0 Å². The molecule has 0 aliphatic heterocycles. The lowest BCUT2D eigenvalue weighted by molar-refractivity contribution is 0.477. The van der Waals surface area contributed by atoms with Crippen molar-refractivity contribution in [2.75, 3.05) is 11.6 Å². The molecule has 1 aliphatic rings. The highest BCUT2D eigenvalue weighted by Crippen LogP contribution is 2.37. The Labute approximate surface area is 103 Å². The summed E-state index contributed by atoms with van der Waals surface area (Å²) in [5, 5.41) is 3.68. The minimum absolute atomic E-state index is 0.653. The van der Waals surface area contributed by atoms with Crippen LogP contribution in [0.4, 0.5) is 5.69 Å². The number of anilines is 1. The molecule has 1 saturated carbocycles. The Morgan fingerprint density at radius 3 is 2.25 bits per heavy atom. The molecular formula is C14H21NS. The Morgan fingerprint density at radius 1 is 1.19 bits per heavy atom. The minimum atomic E-state index is 0.653. The summed E-state index contributed by atoms with van der Waals surface area (Å²) >= 11 is 1.79. The molecule has 1 aromatic carbocycles. The van der Waals surface area contributed by atoms with Crippen LogP contribution in [0.25, 0.3) is 0 Å². The lowest BCUT2D eigenvalue weighted by Gasteiger charge is -2.23. The lowest BCUT2D eigenvalue weighted by Crippen LogP contribution is -2.27. The molecule has 1 fully saturated rings. The Bertz CT molecular complexity index is 325. The van der Waals surface area contributed by atoms with Crippen LogP contribution in [0.5, 0.6) is 0 Å². The second-order valence-corrected chi connectivity index (χ2v) is 5.86. The fourth-order valence-electron chi connectivity index (χ4n) is 2.16. The minimum Gasteiger partial charge on any atom is -0.382 e. The van der Waals surface area contributed by atoms with Gasteiger partial charge in [0.25, 0.3) is 0 Å². The Kier molecular flexibility index (Phi) is 3.80. The van der Waals surface area contributed by atoms with Crippen LogP contribution >= 0.6 is 11.8 Å². The monoisotopic (exact) mass is 235 g/mol. The third-order valence-corrected chi connectivity index (χ3v) is 4.02. The van der Waals surface area contributed by atoms with E-state index in [4.69, 9.17) is 0 Å². The molecule has 0 radical (unpaired) electrons. The van der Waals surface area contributed by atoms with Crippen LogP contribution in [0, 0.1) is 11.8 Å². The van der Waals surface area contributed by atoms with Gasteiger partial charge in [-0.3, -0.25) is 0 Å². The molecule has 1 atom stereocenters. The molecule has 1 N–H and O–H groups in total. The quantitative estimate of drug-likeness (QED) is 0.766. The van der Waals surface area contributed by atoms with Crippen LogP contribution in [0.2, 0.25) is 0 Å². The van der Waals surface area contributed by atoms with Crippen molar-refractivity contribution in [2.45, 2.75) is 37.6 Å². The largest absolute Gasteiger partial charge is 0.382 e. The predicted octanol–water partition coefficient (Wildman–Crippen LogP) is 4.26. The van der Waals surface area contributed by atoms with Crippen LogP contribution in [-0.4, -0.2) is 12.3 Å². The smallest absolute Gasteiger partial charge is 0.0343 e. The van der Waals surface area contributed by atoms with Gasteiger partial charge in [-0.25, -0.2) is 0 Å². The molecule has 0 heterocycles. The van der Waals surface area contributed by atoms with Crippen molar-refractivity contribution in [2.24, 2.45) is 11.8 Å². The van der Waals surface area contributed by atoms with Gasteiger partial charge < -0.3 is 5.32 Å². The van der Waals surface area contributed by atoms with E-state index >= 15 is 0 Å². The second-order valence-electron chi connectivity index (χ2n) is 4.98. The average Bonchev–Trinajstić information content (AvgIpc) is 3.10. The number of nitrogens with one attached hydrogen (secondary N) is 1. The molecule has 1 unspecified atom stereocenters. The standard InChI is InChI=1S/C14H21NS/c1-10(2)14(11-4-5-11)15-12-6-8-13(16-3)9-7-12/h6-11,14-15H,4-5H2,1-3H3. The molecule has 2 rings (SSSR count). The first-order valence-corrected chi connectivity index (χ1v) is 7.34. The van der Waals surface area contributed by atoms with Gasteiger partial charge in [-0.2, -0.15) is 0 Å². The van der Waals surface area contributed by atoms with Crippen LogP contribution in [0.1, 0.15) is 26.7 Å². The molecular weight excluding hydrogens is 214 g/mol. The summed E-state index contributed by atoms with van der Waals surface area (Å²) in [4.78, 5) is 1.33. The highest BCUT2D eigenvalue weighted by Gasteiger charge is 2.32. The van der Waals surface area contributed by atoms with Crippen molar-refractivity contribution in [1.82, 2.24) is 0 Å². The van der Waals surface area contributed by atoms with Gasteiger partial charge in [0.2, 0.25) is 0 Å². The average molecular weight is 235 g/mol. The van der Waals surface area contributed by atoms with Crippen molar-refractivity contribution < 1.29 is 0 Å². The Morgan fingerprint density at radius 2 is 1.81 bits per heavy atom. The van der Waals surface area contributed by atoms with Gasteiger partial charge in [0.15, 0.2) is 0 Å². The van der Waals surface area contributed by atoms with Crippen molar-refractivity contribution in [3.8, 4) is 0 Å². The molecule has 0 amide bonds. The Balaban J connectivity index is 2.00. The van der Waals surface area contributed by atoms with Crippen molar-refractivity contribution in [1.29, 1.82) is 0 Å². The van der Waals surface area contributed by atoms with E-state index in [1.54, 1.807) is 11.8 Å². The molecule has 16 heavy (non-hydrogen) atoms. The summed E-state index contributed by atoms with van der Waals surface area (Å²) < 4.78 is 0. The van der Waals surface area contributed by atoms with Gasteiger partial charge in [0.1, 0.15) is 0 Å². The summed E-state index contributed by atoms with van der Waals surface area (Å²) in [6.45, 7) is 4.62. The second kappa shape index (κ2) is 5.13. The van der Waals surface area contributed by atoms with E-state index in [1.165, 1.54) is 23.4 Å². The third-order valence-electron chi connectivity index (χ3n) is 3.27. The summed E-state index contributed by atoms with van der Waals surface area (Å²) in [6, 6.07) is 9.43. The van der Waals surface area contributed by atoms with Crippen molar-refractivity contribution in [3.05, 3.63) is 24.3 Å². The molecule has 0 aromatic heterocycles. The number of hydrogen-bond donors (Lipinski definition) is 1. The van der Waals surface area contributed by atoms with E-state index < -0.39 is 0 Å². The van der Waals surface area contributed by atoms with E-state index in [9.17, 15) is 0 Å². The van der Waals surface area contributed by atoms with Gasteiger partial charge in [-0.05, 0) is 55.2 Å². The highest BCUT2D eigenvalue weighted by molar-refractivity contribution is 7.98. The number of benzene rings is 1. The fourth-order valence-corrected chi connectivity index (χ4v) is 2.57. The lowest BCUT2D eigenvalue weighted by atomic mass is 9.99. The molecule has 0 spiro atoms. The topological polar surface area (TPSA) is 12.0 Å². The summed E-state index contributed by atoms with van der Waals surface area (Å²) in [5.41, 5.74) is 1.27. The van der Waals surface area contributed by atoms with Crippen molar-refractivity contribution >= 4 is 17.4 Å². The first-order valence-electron chi connectivity index (χ1n) is 6.11. The maximum Gasteiger partial charge on any atom is 0.0343 e. The van der Waals surface area contributed by atoms with E-state index in [-0.39, 0.29) is 0 Å². The summed E-state index contributed by atoms with van der Waals surface area (Å²) in [6.07, 6.45) is 4.92. The zero-order valence-corrected chi connectivity index (χ0v) is 11.2. The molecule has 0 bridgehead atoms. The molecule has 0 saturated heterocycles. The number of thioether (sulfide) groups is 1. The SMILES string of the molecule is CSc1ccc(NC(C(C)C)C2CC2)cc1. The first-order chi connectivity index (χ1) is 7.70. The van der Waals surface area contributed by atoms with E-state index in [0.717, 1.165) is 5.92 Å². The van der Waals surface area contributed by atoms with Crippen molar-refractivity contribution in [3.63, 3.8) is 0 Å². The predicted molar refractivity (Wildman–Crippen MR) is 73.2 cm³/mol. The zero-order chi connectivity index (χ0) is 11.5. The normalized spacial score (nSPS) is 17.5. The van der Waals surface area contributed by atoms with E-state index in [1.807, 2.05) is 0 Å². The summed E-state index contributed by atoms with van der Waals surface area (Å²) in [7, 11) is 0. The van der Waals surface area contributed by atoms with Crippen LogP contribution in [0.3, 0.4) is 0 Å². The van der Waals surface area contributed by atoms with Gasteiger partial charge in [0, 0.05) is 16.6 Å². The van der Waals surface area contributed by atoms with Crippen LogP contribution < -0.4 is 5.32 Å². The van der Waals surface area contributed by atoms with E-state index in [0.29, 0.717) is 12.0 Å². The summed E-state index contributed by atoms with van der Waals surface area (Å²) in [5.74, 6) is 1.62. The maximum atomic E-state index is 3.68.